The number of aryl methyl sites for hydroxylation is 1. The molecular weight excluding hydrogens is 338 g/mol. The molecule has 2 aromatic rings. The molecule has 1 saturated carbocycles. The fraction of sp³-hybridized carbons (Fsp3) is 0.368. The van der Waals surface area contributed by atoms with Gasteiger partial charge in [0.1, 0.15) is 12.4 Å². The standard InChI is InChI=1S/C19H22ClN3O2/c1-12-3-2-4-16(22-12)18(13-5-6-13)23-19(24)15-11-14(20)7-8-17(15)25-10-9-21/h2-4,7-8,11,13,18H,5-6,9-10,21H2,1H3,(H,23,24)/t18-/m1/s1. The predicted molar refractivity (Wildman–Crippen MR) is 97.9 cm³/mol. The Labute approximate surface area is 152 Å². The van der Waals surface area contributed by atoms with Crippen molar-refractivity contribution in [2.45, 2.75) is 25.8 Å². The quantitative estimate of drug-likeness (QED) is 0.795. The Morgan fingerprint density at radius 3 is 2.88 bits per heavy atom. The minimum absolute atomic E-state index is 0.103. The Morgan fingerprint density at radius 2 is 2.20 bits per heavy atom. The summed E-state index contributed by atoms with van der Waals surface area (Å²) in [6, 6.07) is 10.8. The third-order valence-corrected chi connectivity index (χ3v) is 4.41. The molecular formula is C19H22ClN3O2. The van der Waals surface area contributed by atoms with Crippen molar-refractivity contribution in [1.29, 1.82) is 0 Å². The van der Waals surface area contributed by atoms with Gasteiger partial charge in [0.2, 0.25) is 0 Å². The summed E-state index contributed by atoms with van der Waals surface area (Å²) in [5.74, 6) is 0.694. The molecule has 132 valence electrons. The van der Waals surface area contributed by atoms with Crippen LogP contribution in [0.15, 0.2) is 36.4 Å². The summed E-state index contributed by atoms with van der Waals surface area (Å²) < 4.78 is 5.58. The summed E-state index contributed by atoms with van der Waals surface area (Å²) in [6.45, 7) is 2.67. The van der Waals surface area contributed by atoms with Crippen molar-refractivity contribution in [3.05, 3.63) is 58.4 Å². The monoisotopic (exact) mass is 359 g/mol. The van der Waals surface area contributed by atoms with Gasteiger partial charge in [-0.15, -0.1) is 0 Å². The maximum atomic E-state index is 12.9. The fourth-order valence-electron chi connectivity index (χ4n) is 2.79. The lowest BCUT2D eigenvalue weighted by atomic mass is 10.1. The molecule has 1 fully saturated rings. The summed E-state index contributed by atoms with van der Waals surface area (Å²) in [5.41, 5.74) is 7.74. The highest BCUT2D eigenvalue weighted by molar-refractivity contribution is 6.31. The van der Waals surface area contributed by atoms with E-state index < -0.39 is 0 Å². The summed E-state index contributed by atoms with van der Waals surface area (Å²) in [5, 5.41) is 3.60. The topological polar surface area (TPSA) is 77.2 Å². The highest BCUT2D eigenvalue weighted by Crippen LogP contribution is 2.40. The van der Waals surface area contributed by atoms with Crippen molar-refractivity contribution in [3.63, 3.8) is 0 Å². The molecule has 5 nitrogen and oxygen atoms in total. The average Bonchev–Trinajstić information content (AvgIpc) is 3.43. The van der Waals surface area contributed by atoms with Crippen molar-refractivity contribution < 1.29 is 9.53 Å². The number of aromatic nitrogens is 1. The molecule has 0 spiro atoms. The minimum atomic E-state index is -0.213. The second kappa shape index (κ2) is 7.85. The molecule has 0 bridgehead atoms. The lowest BCUT2D eigenvalue weighted by molar-refractivity contribution is 0.0926. The molecule has 0 unspecified atom stereocenters. The van der Waals surface area contributed by atoms with Crippen LogP contribution in [0.4, 0.5) is 0 Å². The van der Waals surface area contributed by atoms with E-state index in [4.69, 9.17) is 22.1 Å². The number of halogens is 1. The number of amides is 1. The van der Waals surface area contributed by atoms with Gasteiger partial charge in [-0.25, -0.2) is 0 Å². The number of hydrogen-bond donors (Lipinski definition) is 2. The van der Waals surface area contributed by atoms with Gasteiger partial charge in [-0.1, -0.05) is 17.7 Å². The van der Waals surface area contributed by atoms with Crippen LogP contribution >= 0.6 is 11.6 Å². The summed E-state index contributed by atoms with van der Waals surface area (Å²) in [6.07, 6.45) is 2.18. The molecule has 0 saturated heterocycles. The van der Waals surface area contributed by atoms with Crippen molar-refractivity contribution in [2.75, 3.05) is 13.2 Å². The number of carbonyl (C=O) groups excluding carboxylic acids is 1. The summed E-state index contributed by atoms with van der Waals surface area (Å²) in [7, 11) is 0. The maximum absolute atomic E-state index is 12.9. The lowest BCUT2D eigenvalue weighted by Crippen LogP contribution is -2.31. The van der Waals surface area contributed by atoms with Gasteiger partial charge in [-0.2, -0.15) is 0 Å². The van der Waals surface area contributed by atoms with Gasteiger partial charge >= 0.3 is 0 Å². The van der Waals surface area contributed by atoms with Crippen LogP contribution in [-0.2, 0) is 0 Å². The van der Waals surface area contributed by atoms with E-state index in [-0.39, 0.29) is 11.9 Å². The first-order valence-corrected chi connectivity index (χ1v) is 8.83. The fourth-order valence-corrected chi connectivity index (χ4v) is 2.97. The van der Waals surface area contributed by atoms with Gasteiger partial charge in [-0.05, 0) is 56.0 Å². The molecule has 1 aromatic carbocycles. The highest BCUT2D eigenvalue weighted by atomic mass is 35.5. The van der Waals surface area contributed by atoms with Crippen LogP contribution in [0.25, 0.3) is 0 Å². The van der Waals surface area contributed by atoms with Crippen LogP contribution < -0.4 is 15.8 Å². The van der Waals surface area contributed by atoms with E-state index in [0.717, 1.165) is 24.2 Å². The third-order valence-electron chi connectivity index (χ3n) is 4.17. The van der Waals surface area contributed by atoms with Gasteiger partial charge in [-0.3, -0.25) is 9.78 Å². The molecule has 1 heterocycles. The molecule has 1 aliphatic rings. The van der Waals surface area contributed by atoms with Crippen LogP contribution in [-0.4, -0.2) is 24.0 Å². The minimum Gasteiger partial charge on any atom is -0.491 e. The molecule has 0 radical (unpaired) electrons. The molecule has 25 heavy (non-hydrogen) atoms. The Balaban J connectivity index is 1.83. The van der Waals surface area contributed by atoms with E-state index >= 15 is 0 Å². The first-order chi connectivity index (χ1) is 12.1. The van der Waals surface area contributed by atoms with E-state index in [1.165, 1.54) is 0 Å². The predicted octanol–water partition coefficient (Wildman–Crippen LogP) is 3.26. The van der Waals surface area contributed by atoms with E-state index in [1.807, 2.05) is 25.1 Å². The molecule has 1 atom stereocenters. The average molecular weight is 360 g/mol. The first-order valence-electron chi connectivity index (χ1n) is 8.45. The maximum Gasteiger partial charge on any atom is 0.255 e. The van der Waals surface area contributed by atoms with E-state index in [1.54, 1.807) is 18.2 Å². The van der Waals surface area contributed by atoms with Gasteiger partial charge in [0.25, 0.3) is 5.91 Å². The number of ether oxygens (including phenoxy) is 1. The van der Waals surface area contributed by atoms with Crippen molar-refractivity contribution in [1.82, 2.24) is 10.3 Å². The number of nitrogens with zero attached hydrogens (tertiary/aromatic N) is 1. The van der Waals surface area contributed by atoms with Crippen molar-refractivity contribution in [2.24, 2.45) is 11.7 Å². The SMILES string of the molecule is Cc1cccc([C@H](NC(=O)c2cc(Cl)ccc2OCCN)C2CC2)n1. The largest absolute Gasteiger partial charge is 0.491 e. The van der Waals surface area contributed by atoms with Crippen LogP contribution in [0.1, 0.15) is 40.6 Å². The van der Waals surface area contributed by atoms with Gasteiger partial charge < -0.3 is 15.8 Å². The van der Waals surface area contributed by atoms with Gasteiger partial charge in [0.05, 0.1) is 17.3 Å². The third kappa shape index (κ3) is 4.50. The van der Waals surface area contributed by atoms with Crippen LogP contribution in [0.5, 0.6) is 5.75 Å². The van der Waals surface area contributed by atoms with Crippen molar-refractivity contribution >= 4 is 17.5 Å². The highest BCUT2D eigenvalue weighted by Gasteiger charge is 2.35. The second-order valence-electron chi connectivity index (χ2n) is 6.27. The van der Waals surface area contributed by atoms with Crippen LogP contribution in [0.2, 0.25) is 5.02 Å². The number of pyridine rings is 1. The van der Waals surface area contributed by atoms with Crippen LogP contribution in [0, 0.1) is 12.8 Å². The summed E-state index contributed by atoms with van der Waals surface area (Å²) >= 11 is 6.07. The zero-order valence-electron chi connectivity index (χ0n) is 14.2. The molecule has 6 heteroatoms. The Hall–Kier alpha value is -2.11. The molecule has 1 aliphatic carbocycles. The number of nitrogens with one attached hydrogen (secondary N) is 1. The Kier molecular flexibility index (Phi) is 5.56. The zero-order valence-corrected chi connectivity index (χ0v) is 14.9. The van der Waals surface area contributed by atoms with E-state index in [0.29, 0.717) is 35.4 Å². The smallest absolute Gasteiger partial charge is 0.255 e. The molecule has 3 rings (SSSR count). The normalized spacial score (nSPS) is 14.8. The zero-order chi connectivity index (χ0) is 17.8. The number of hydrogen-bond acceptors (Lipinski definition) is 4. The van der Waals surface area contributed by atoms with E-state index in [9.17, 15) is 4.79 Å². The molecule has 3 N–H and O–H groups in total. The molecule has 1 aromatic heterocycles. The number of nitrogens with two attached hydrogens (primary N) is 1. The lowest BCUT2D eigenvalue weighted by Gasteiger charge is -2.19. The Morgan fingerprint density at radius 1 is 1.40 bits per heavy atom. The van der Waals surface area contributed by atoms with Crippen molar-refractivity contribution in [3.8, 4) is 5.75 Å². The number of benzene rings is 1. The molecule has 1 amide bonds. The van der Waals surface area contributed by atoms with Crippen LogP contribution in [0.3, 0.4) is 0 Å². The number of rotatable bonds is 7. The van der Waals surface area contributed by atoms with Gasteiger partial charge in [0, 0.05) is 17.3 Å². The van der Waals surface area contributed by atoms with E-state index in [2.05, 4.69) is 10.3 Å². The molecule has 0 aliphatic heterocycles. The Bertz CT molecular complexity index is 762. The summed E-state index contributed by atoms with van der Waals surface area (Å²) in [4.78, 5) is 17.5. The van der Waals surface area contributed by atoms with Gasteiger partial charge in [0.15, 0.2) is 0 Å². The number of carbonyl (C=O) groups is 1. The first kappa shape index (κ1) is 17.7. The second-order valence-corrected chi connectivity index (χ2v) is 6.71.